The molecule has 4 atom stereocenters. The normalized spacial score (nSPS) is 27.0. The summed E-state index contributed by atoms with van der Waals surface area (Å²) in [5.74, 6) is -0.0858. The van der Waals surface area contributed by atoms with Crippen LogP contribution in [0.3, 0.4) is 0 Å². The minimum absolute atomic E-state index is 0.0858. The molecular weight excluding hydrogens is 573 g/mol. The fourth-order valence-corrected chi connectivity index (χ4v) is 7.01. The van der Waals surface area contributed by atoms with Crippen molar-refractivity contribution in [2.45, 2.75) is 48.8 Å². The van der Waals surface area contributed by atoms with E-state index in [1.807, 2.05) is 35.2 Å². The second-order valence-electron chi connectivity index (χ2n) is 11.2. The molecule has 8 nitrogen and oxygen atoms in total. The molecule has 1 aliphatic heterocycles. The molecule has 0 amide bonds. The second kappa shape index (κ2) is 11.9. The van der Waals surface area contributed by atoms with Crippen molar-refractivity contribution in [3.63, 3.8) is 0 Å². The summed E-state index contributed by atoms with van der Waals surface area (Å²) in [6, 6.07) is 18.2. The van der Waals surface area contributed by atoms with Crippen molar-refractivity contribution in [3.05, 3.63) is 83.9 Å². The van der Waals surface area contributed by atoms with Crippen LogP contribution in [0.2, 0.25) is 0 Å². The van der Waals surface area contributed by atoms with Gasteiger partial charge in [0.15, 0.2) is 0 Å². The Morgan fingerprint density at radius 1 is 0.929 bits per heavy atom. The smallest absolute Gasteiger partial charge is 0.416 e. The number of aliphatic hydroxyl groups is 3. The first kappa shape index (κ1) is 30.5. The predicted molar refractivity (Wildman–Crippen MR) is 149 cm³/mol. The predicted octanol–water partition coefficient (Wildman–Crippen LogP) is 3.41. The van der Waals surface area contributed by atoms with Crippen molar-refractivity contribution in [3.8, 4) is 16.9 Å². The summed E-state index contributed by atoms with van der Waals surface area (Å²) in [5, 5.41) is 31.9. The number of alkyl halides is 3. The van der Waals surface area contributed by atoms with Gasteiger partial charge in [-0.05, 0) is 53.8 Å². The maximum atomic E-state index is 13.4. The number of nitrogens with zero attached hydrogens (tertiary/aromatic N) is 1. The van der Waals surface area contributed by atoms with Crippen molar-refractivity contribution in [2.75, 3.05) is 26.2 Å². The fourth-order valence-electron chi connectivity index (χ4n) is 5.81. The first-order chi connectivity index (χ1) is 19.8. The van der Waals surface area contributed by atoms with Gasteiger partial charge in [0.25, 0.3) is 0 Å². The Hall–Kier alpha value is -3.00. The van der Waals surface area contributed by atoms with E-state index < -0.39 is 45.5 Å². The first-order valence-electron chi connectivity index (χ1n) is 13.6. The Balaban J connectivity index is 1.54. The fraction of sp³-hybridized carbons (Fsp3) is 0.400. The lowest BCUT2D eigenvalue weighted by atomic mass is 9.85. The summed E-state index contributed by atoms with van der Waals surface area (Å²) in [7, 11) is -4.20. The third kappa shape index (κ3) is 6.96. The number of ether oxygens (including phenoxy) is 1. The van der Waals surface area contributed by atoms with Crippen LogP contribution in [0.1, 0.15) is 24.0 Å². The van der Waals surface area contributed by atoms with Crippen LogP contribution in [0, 0.1) is 5.41 Å². The Kier molecular flexibility index (Phi) is 8.66. The number of benzene rings is 3. The van der Waals surface area contributed by atoms with Gasteiger partial charge in [-0.1, -0.05) is 48.5 Å². The molecule has 1 unspecified atom stereocenters. The van der Waals surface area contributed by atoms with Crippen molar-refractivity contribution in [2.24, 2.45) is 5.41 Å². The van der Waals surface area contributed by atoms with Gasteiger partial charge in [0, 0.05) is 31.6 Å². The number of hydrogen-bond donors (Lipinski definition) is 4. The van der Waals surface area contributed by atoms with Crippen LogP contribution in [0.15, 0.2) is 77.7 Å². The molecule has 42 heavy (non-hydrogen) atoms. The molecule has 0 aromatic heterocycles. The molecule has 1 spiro atoms. The second-order valence-corrected chi connectivity index (χ2v) is 13.0. The van der Waals surface area contributed by atoms with Crippen molar-refractivity contribution in [1.29, 1.82) is 0 Å². The molecule has 5 rings (SSSR count). The van der Waals surface area contributed by atoms with Crippen LogP contribution >= 0.6 is 0 Å². The van der Waals surface area contributed by atoms with Crippen LogP contribution in [0.25, 0.3) is 11.1 Å². The molecule has 12 heteroatoms. The minimum atomic E-state index is -4.56. The molecular formula is C30H33F3N2O6S. The average molecular weight is 607 g/mol. The molecule has 226 valence electrons. The zero-order valence-electron chi connectivity index (χ0n) is 22.7. The quantitative estimate of drug-likeness (QED) is 0.361. The largest absolute Gasteiger partial charge is 0.492 e. The molecule has 1 fully saturated rings. The Morgan fingerprint density at radius 3 is 2.31 bits per heavy atom. The lowest BCUT2D eigenvalue weighted by molar-refractivity contribution is -0.137. The molecule has 0 bridgehead atoms. The standard InChI is InChI=1S/C30H33F3N2O6S/c31-30(32,33)23-8-4-7-21(11-23)22-9-10-28-27(12-22)41-19-29(13-25(37)26(38)14-29)18-35(16-20-5-2-1-3-6-20)17-24(36)15-34-42(28,39)40/h1-12,24-26,34,36-38H,13-19H2/t24-,25-,26+,29?/m0/s1. The van der Waals surface area contributed by atoms with E-state index >= 15 is 0 Å². The van der Waals surface area contributed by atoms with E-state index in [-0.39, 0.29) is 48.7 Å². The number of aliphatic hydroxyl groups excluding tert-OH is 3. The summed E-state index contributed by atoms with van der Waals surface area (Å²) < 4.78 is 75.4. The van der Waals surface area contributed by atoms with Gasteiger partial charge in [0.05, 0.1) is 30.5 Å². The highest BCUT2D eigenvalue weighted by Gasteiger charge is 2.46. The lowest BCUT2D eigenvalue weighted by Crippen LogP contribution is -2.46. The van der Waals surface area contributed by atoms with E-state index in [1.165, 1.54) is 30.3 Å². The molecule has 1 heterocycles. The number of halogens is 3. The van der Waals surface area contributed by atoms with Crippen LogP contribution < -0.4 is 9.46 Å². The summed E-state index contributed by atoms with van der Waals surface area (Å²) in [5.41, 5.74) is -0.160. The van der Waals surface area contributed by atoms with E-state index in [9.17, 15) is 36.9 Å². The van der Waals surface area contributed by atoms with Crippen molar-refractivity contribution < 1.29 is 41.6 Å². The van der Waals surface area contributed by atoms with Gasteiger partial charge in [-0.25, -0.2) is 13.1 Å². The molecule has 0 saturated heterocycles. The van der Waals surface area contributed by atoms with E-state index in [2.05, 4.69) is 4.72 Å². The molecule has 1 saturated carbocycles. The van der Waals surface area contributed by atoms with Gasteiger partial charge in [-0.2, -0.15) is 13.2 Å². The van der Waals surface area contributed by atoms with Crippen LogP contribution in [-0.2, 0) is 22.7 Å². The van der Waals surface area contributed by atoms with E-state index in [1.54, 1.807) is 0 Å². The van der Waals surface area contributed by atoms with Crippen LogP contribution in [0.4, 0.5) is 13.2 Å². The van der Waals surface area contributed by atoms with Crippen LogP contribution in [0.5, 0.6) is 5.75 Å². The van der Waals surface area contributed by atoms with E-state index in [4.69, 9.17) is 4.74 Å². The third-order valence-corrected chi connectivity index (χ3v) is 9.27. The Bertz CT molecular complexity index is 1490. The molecule has 0 radical (unpaired) electrons. The van der Waals surface area contributed by atoms with Gasteiger partial charge < -0.3 is 20.1 Å². The highest BCUT2D eigenvalue weighted by atomic mass is 32.2. The summed E-state index contributed by atoms with van der Waals surface area (Å²) >= 11 is 0. The molecule has 3 aromatic rings. The number of β-amino-alcohol motifs (C(OH)–C–C–N with tert-alkyl or cyclic N) is 1. The lowest BCUT2D eigenvalue weighted by Gasteiger charge is -2.37. The number of nitrogens with one attached hydrogen (secondary N) is 1. The van der Waals surface area contributed by atoms with Gasteiger partial charge in [0.1, 0.15) is 10.6 Å². The molecule has 3 aromatic carbocycles. The molecule has 1 aliphatic carbocycles. The third-order valence-electron chi connectivity index (χ3n) is 7.80. The minimum Gasteiger partial charge on any atom is -0.492 e. The SMILES string of the molecule is O=S1(=O)NC[C@H](O)CN(Cc2ccccc2)CC2(COc3cc(-c4cccc(C(F)(F)F)c4)ccc31)C[C@@H](O)[C@@H](O)C2. The highest BCUT2D eigenvalue weighted by molar-refractivity contribution is 7.89. The maximum absolute atomic E-state index is 13.4. The number of rotatable bonds is 3. The summed E-state index contributed by atoms with van der Waals surface area (Å²) in [4.78, 5) is 1.71. The van der Waals surface area contributed by atoms with Gasteiger partial charge in [0.2, 0.25) is 10.0 Å². The highest BCUT2D eigenvalue weighted by Crippen LogP contribution is 2.42. The van der Waals surface area contributed by atoms with E-state index in [0.717, 1.165) is 17.7 Å². The first-order valence-corrected chi connectivity index (χ1v) is 15.1. The van der Waals surface area contributed by atoms with Crippen molar-refractivity contribution in [1.82, 2.24) is 9.62 Å². The van der Waals surface area contributed by atoms with Crippen molar-refractivity contribution >= 4 is 10.0 Å². The van der Waals surface area contributed by atoms with Gasteiger partial charge >= 0.3 is 6.18 Å². The summed E-state index contributed by atoms with van der Waals surface area (Å²) in [6.07, 6.45) is -7.34. The Morgan fingerprint density at radius 2 is 1.62 bits per heavy atom. The summed E-state index contributed by atoms with van der Waals surface area (Å²) in [6.45, 7) is 0.488. The van der Waals surface area contributed by atoms with E-state index in [0.29, 0.717) is 18.7 Å². The number of fused-ring (bicyclic) bond motifs is 1. The number of hydrogen-bond acceptors (Lipinski definition) is 7. The average Bonchev–Trinajstić information content (AvgIpc) is 3.22. The van der Waals surface area contributed by atoms with Gasteiger partial charge in [-0.15, -0.1) is 0 Å². The monoisotopic (exact) mass is 606 g/mol. The molecule has 4 N–H and O–H groups in total. The maximum Gasteiger partial charge on any atom is 0.416 e. The zero-order chi connectivity index (χ0) is 30.1. The number of sulfonamides is 1. The zero-order valence-corrected chi connectivity index (χ0v) is 23.5. The molecule has 2 aliphatic rings. The topological polar surface area (TPSA) is 119 Å². The Labute approximate surface area is 242 Å². The van der Waals surface area contributed by atoms with Gasteiger partial charge in [-0.3, -0.25) is 4.90 Å². The van der Waals surface area contributed by atoms with Crippen LogP contribution in [-0.4, -0.2) is 73.2 Å².